The van der Waals surface area contributed by atoms with Gasteiger partial charge in [-0.3, -0.25) is 4.79 Å². The van der Waals surface area contributed by atoms with Crippen molar-refractivity contribution in [2.75, 3.05) is 32.1 Å². The fourth-order valence-corrected chi connectivity index (χ4v) is 2.77. The summed E-state index contributed by atoms with van der Waals surface area (Å²) in [4.78, 5) is 17.2. The number of nitrogens with zero attached hydrogens (tertiary/aromatic N) is 1. The normalized spacial score (nSPS) is 12.1. The maximum absolute atomic E-state index is 12.6. The Morgan fingerprint density at radius 1 is 1.31 bits per heavy atom. The Hall–Kier alpha value is -2.18. The summed E-state index contributed by atoms with van der Waals surface area (Å²) in [5.74, 6) is -0.186. The Balaban J connectivity index is 2.20. The Morgan fingerprint density at radius 3 is 2.85 bits per heavy atom. The van der Waals surface area contributed by atoms with Crippen molar-refractivity contribution in [1.82, 2.24) is 10.3 Å². The summed E-state index contributed by atoms with van der Waals surface area (Å²) in [5.41, 5.74) is 7.44. The molecule has 4 N–H and O–H groups in total. The van der Waals surface area contributed by atoms with Crippen molar-refractivity contribution < 1.29 is 9.53 Å². The van der Waals surface area contributed by atoms with Gasteiger partial charge in [-0.05, 0) is 31.5 Å². The van der Waals surface area contributed by atoms with Crippen LogP contribution in [0.25, 0.3) is 10.9 Å². The molecule has 0 bridgehead atoms. The number of hydrogen-bond donors (Lipinski definition) is 3. The van der Waals surface area contributed by atoms with Crippen molar-refractivity contribution >= 4 is 22.5 Å². The largest absolute Gasteiger partial charge is 0.381 e. The molecule has 2 rings (SSSR count). The maximum atomic E-state index is 12.6. The van der Waals surface area contributed by atoms with Crippen LogP contribution in [0, 0.1) is 0 Å². The summed E-state index contributed by atoms with van der Waals surface area (Å²) in [6.45, 7) is 3.89. The standard InChI is InChI=1S/C20H30N4O2/c1-3-4-9-16(26-2)14-23-18-13-15-8-5-6-10-17(15)24-19(18)20(25)22-12-7-11-21/h5-6,8,10,13,16,23H,3-4,7,9,11-12,14,21H2,1-2H3,(H,22,25). The molecule has 26 heavy (non-hydrogen) atoms. The Labute approximate surface area is 155 Å². The van der Waals surface area contributed by atoms with Crippen LogP contribution in [0.2, 0.25) is 0 Å². The van der Waals surface area contributed by atoms with Crippen LogP contribution in [-0.2, 0) is 4.74 Å². The van der Waals surface area contributed by atoms with Crippen molar-refractivity contribution in [2.24, 2.45) is 5.73 Å². The first kappa shape index (κ1) is 20.1. The summed E-state index contributed by atoms with van der Waals surface area (Å²) >= 11 is 0. The third kappa shape index (κ3) is 5.68. The van der Waals surface area contributed by atoms with Crippen LogP contribution in [0.4, 0.5) is 5.69 Å². The SMILES string of the molecule is CCCCC(CNc1cc2ccccc2nc1C(=O)NCCCN)OC. The van der Waals surface area contributed by atoms with E-state index in [-0.39, 0.29) is 12.0 Å². The number of benzene rings is 1. The lowest BCUT2D eigenvalue weighted by Crippen LogP contribution is -2.29. The number of nitrogens with two attached hydrogens (primary N) is 1. The first-order valence-electron chi connectivity index (χ1n) is 9.34. The van der Waals surface area contributed by atoms with E-state index in [2.05, 4.69) is 22.5 Å². The monoisotopic (exact) mass is 358 g/mol. The Bertz CT molecular complexity index is 705. The number of amides is 1. The predicted molar refractivity (Wildman–Crippen MR) is 107 cm³/mol. The van der Waals surface area contributed by atoms with Gasteiger partial charge in [0.05, 0.1) is 17.3 Å². The first-order valence-corrected chi connectivity index (χ1v) is 9.34. The number of pyridine rings is 1. The number of hydrogen-bond acceptors (Lipinski definition) is 5. The molecule has 1 aromatic carbocycles. The highest BCUT2D eigenvalue weighted by molar-refractivity contribution is 6.00. The lowest BCUT2D eigenvalue weighted by molar-refractivity contribution is 0.0948. The lowest BCUT2D eigenvalue weighted by Gasteiger charge is -2.18. The molecule has 0 saturated carbocycles. The van der Waals surface area contributed by atoms with Gasteiger partial charge in [-0.2, -0.15) is 0 Å². The number of nitrogens with one attached hydrogen (secondary N) is 2. The van der Waals surface area contributed by atoms with Crippen LogP contribution in [0.3, 0.4) is 0 Å². The van der Waals surface area contributed by atoms with Gasteiger partial charge in [0.1, 0.15) is 0 Å². The maximum Gasteiger partial charge on any atom is 0.272 e. The molecule has 1 unspecified atom stereocenters. The van der Waals surface area contributed by atoms with Crippen LogP contribution in [-0.4, -0.2) is 43.7 Å². The number of unbranched alkanes of at least 4 members (excludes halogenated alkanes) is 1. The van der Waals surface area contributed by atoms with E-state index >= 15 is 0 Å². The summed E-state index contributed by atoms with van der Waals surface area (Å²) in [7, 11) is 1.72. The number of fused-ring (bicyclic) bond motifs is 1. The number of aromatic nitrogens is 1. The van der Waals surface area contributed by atoms with E-state index in [9.17, 15) is 4.79 Å². The molecule has 0 radical (unpaired) electrons. The second-order valence-electron chi connectivity index (χ2n) is 6.36. The molecule has 1 atom stereocenters. The zero-order valence-corrected chi connectivity index (χ0v) is 15.8. The van der Waals surface area contributed by atoms with E-state index in [1.54, 1.807) is 7.11 Å². The van der Waals surface area contributed by atoms with Gasteiger partial charge in [0.15, 0.2) is 5.69 Å². The van der Waals surface area contributed by atoms with Crippen LogP contribution < -0.4 is 16.4 Å². The number of methoxy groups -OCH3 is 1. The predicted octanol–water partition coefficient (Wildman–Crippen LogP) is 2.93. The summed E-state index contributed by atoms with van der Waals surface area (Å²) < 4.78 is 5.54. The highest BCUT2D eigenvalue weighted by atomic mass is 16.5. The van der Waals surface area contributed by atoms with Crippen LogP contribution in [0.5, 0.6) is 0 Å². The van der Waals surface area contributed by atoms with Crippen LogP contribution in [0.1, 0.15) is 43.1 Å². The second kappa shape index (κ2) is 10.7. The molecule has 0 aliphatic heterocycles. The summed E-state index contributed by atoms with van der Waals surface area (Å²) in [6, 6.07) is 9.77. The average Bonchev–Trinajstić information content (AvgIpc) is 2.67. The minimum atomic E-state index is -0.186. The molecular formula is C20H30N4O2. The molecule has 2 aromatic rings. The zero-order chi connectivity index (χ0) is 18.8. The van der Waals surface area contributed by atoms with Gasteiger partial charge in [0.2, 0.25) is 0 Å². The van der Waals surface area contributed by atoms with Gasteiger partial charge in [-0.1, -0.05) is 38.0 Å². The fourth-order valence-electron chi connectivity index (χ4n) is 2.77. The number of para-hydroxylation sites is 1. The topological polar surface area (TPSA) is 89.3 Å². The van der Waals surface area contributed by atoms with Gasteiger partial charge in [0.25, 0.3) is 5.91 Å². The van der Waals surface area contributed by atoms with E-state index in [0.717, 1.165) is 42.3 Å². The zero-order valence-electron chi connectivity index (χ0n) is 15.8. The molecule has 0 aliphatic rings. The highest BCUT2D eigenvalue weighted by Crippen LogP contribution is 2.21. The molecular weight excluding hydrogens is 328 g/mol. The van der Waals surface area contributed by atoms with Gasteiger partial charge in [0, 0.05) is 25.6 Å². The molecule has 1 heterocycles. The summed E-state index contributed by atoms with van der Waals surface area (Å²) in [5, 5.41) is 7.25. The first-order chi connectivity index (χ1) is 12.7. The second-order valence-corrected chi connectivity index (χ2v) is 6.36. The number of carbonyl (C=O) groups is 1. The average molecular weight is 358 g/mol. The minimum Gasteiger partial charge on any atom is -0.381 e. The third-order valence-electron chi connectivity index (χ3n) is 4.34. The Morgan fingerprint density at radius 2 is 2.12 bits per heavy atom. The van der Waals surface area contributed by atoms with E-state index in [0.29, 0.717) is 25.3 Å². The number of anilines is 1. The van der Waals surface area contributed by atoms with Gasteiger partial charge in [-0.25, -0.2) is 4.98 Å². The lowest BCUT2D eigenvalue weighted by atomic mass is 10.1. The van der Waals surface area contributed by atoms with E-state index in [1.165, 1.54) is 0 Å². The smallest absolute Gasteiger partial charge is 0.272 e. The van der Waals surface area contributed by atoms with Gasteiger partial charge < -0.3 is 21.1 Å². The fraction of sp³-hybridized carbons (Fsp3) is 0.500. The Kier molecular flexibility index (Phi) is 8.31. The molecule has 6 nitrogen and oxygen atoms in total. The van der Waals surface area contributed by atoms with Crippen molar-refractivity contribution in [2.45, 2.75) is 38.7 Å². The molecule has 0 fully saturated rings. The molecule has 0 saturated heterocycles. The summed E-state index contributed by atoms with van der Waals surface area (Å²) in [6.07, 6.45) is 4.08. The van der Waals surface area contributed by atoms with E-state index < -0.39 is 0 Å². The molecule has 0 spiro atoms. The van der Waals surface area contributed by atoms with Gasteiger partial charge in [-0.15, -0.1) is 0 Å². The van der Waals surface area contributed by atoms with Crippen LogP contribution in [0.15, 0.2) is 30.3 Å². The third-order valence-corrected chi connectivity index (χ3v) is 4.34. The molecule has 142 valence electrons. The number of rotatable bonds is 11. The minimum absolute atomic E-state index is 0.106. The van der Waals surface area contributed by atoms with Crippen molar-refractivity contribution in [3.63, 3.8) is 0 Å². The van der Waals surface area contributed by atoms with E-state index in [4.69, 9.17) is 10.5 Å². The molecule has 1 aromatic heterocycles. The highest BCUT2D eigenvalue weighted by Gasteiger charge is 2.16. The van der Waals surface area contributed by atoms with Crippen molar-refractivity contribution in [1.29, 1.82) is 0 Å². The van der Waals surface area contributed by atoms with E-state index in [1.807, 2.05) is 30.3 Å². The van der Waals surface area contributed by atoms with Crippen molar-refractivity contribution in [3.05, 3.63) is 36.0 Å². The quantitative estimate of drug-likeness (QED) is 0.538. The number of ether oxygens (including phenoxy) is 1. The molecule has 1 amide bonds. The van der Waals surface area contributed by atoms with Crippen molar-refractivity contribution in [3.8, 4) is 0 Å². The molecule has 6 heteroatoms. The van der Waals surface area contributed by atoms with Gasteiger partial charge >= 0.3 is 0 Å². The van der Waals surface area contributed by atoms with Crippen LogP contribution >= 0.6 is 0 Å². The molecule has 0 aliphatic carbocycles. The number of carbonyl (C=O) groups excluding carboxylic acids is 1.